The normalized spacial score (nSPS) is 10.9. The molecule has 3 aromatic rings. The second-order valence-electron chi connectivity index (χ2n) is 4.89. The summed E-state index contributed by atoms with van der Waals surface area (Å²) in [7, 11) is 0. The Morgan fingerprint density at radius 3 is 2.60 bits per heavy atom. The molecule has 0 bridgehead atoms. The highest BCUT2D eigenvalue weighted by molar-refractivity contribution is 9.10. The zero-order valence-electron chi connectivity index (χ0n) is 11.2. The van der Waals surface area contributed by atoms with Crippen molar-refractivity contribution < 1.29 is 9.21 Å². The third-order valence-electron chi connectivity index (χ3n) is 3.41. The highest BCUT2D eigenvalue weighted by Gasteiger charge is 2.17. The molecule has 20 heavy (non-hydrogen) atoms. The number of furan rings is 1. The van der Waals surface area contributed by atoms with Crippen LogP contribution in [0.3, 0.4) is 0 Å². The van der Waals surface area contributed by atoms with E-state index < -0.39 is 0 Å². The molecule has 2 aromatic carbocycles. The monoisotopic (exact) mass is 328 g/mol. The highest BCUT2D eigenvalue weighted by Crippen LogP contribution is 2.26. The number of hydrogen-bond donors (Lipinski definition) is 0. The minimum atomic E-state index is -0.0839. The molecule has 0 fully saturated rings. The lowest BCUT2D eigenvalue weighted by atomic mass is 10.0. The SMILES string of the molecule is Cc1ccc(Br)cc1C(=O)c1cc2cccc(C)c2o1. The average molecular weight is 329 g/mol. The van der Waals surface area contributed by atoms with Gasteiger partial charge in [-0.2, -0.15) is 0 Å². The van der Waals surface area contributed by atoms with Crippen LogP contribution in [0.15, 0.2) is 51.4 Å². The summed E-state index contributed by atoms with van der Waals surface area (Å²) in [6.07, 6.45) is 0. The van der Waals surface area contributed by atoms with Gasteiger partial charge in [-0.3, -0.25) is 4.79 Å². The van der Waals surface area contributed by atoms with Gasteiger partial charge in [0.15, 0.2) is 5.76 Å². The number of hydrogen-bond acceptors (Lipinski definition) is 2. The van der Waals surface area contributed by atoms with Crippen LogP contribution in [0.5, 0.6) is 0 Å². The van der Waals surface area contributed by atoms with Crippen molar-refractivity contribution in [2.45, 2.75) is 13.8 Å². The number of carbonyl (C=O) groups is 1. The number of para-hydroxylation sites is 1. The lowest BCUT2D eigenvalue weighted by Gasteiger charge is -2.03. The van der Waals surface area contributed by atoms with Gasteiger partial charge in [-0.05, 0) is 43.2 Å². The van der Waals surface area contributed by atoms with Gasteiger partial charge in [0.25, 0.3) is 0 Å². The topological polar surface area (TPSA) is 30.2 Å². The molecule has 0 saturated carbocycles. The summed E-state index contributed by atoms with van der Waals surface area (Å²) in [6, 6.07) is 13.4. The summed E-state index contributed by atoms with van der Waals surface area (Å²) >= 11 is 3.40. The molecular weight excluding hydrogens is 316 g/mol. The van der Waals surface area contributed by atoms with E-state index in [0.717, 1.165) is 26.6 Å². The lowest BCUT2D eigenvalue weighted by molar-refractivity contribution is 0.101. The lowest BCUT2D eigenvalue weighted by Crippen LogP contribution is -2.02. The molecule has 0 aliphatic heterocycles. The Balaban J connectivity index is 2.13. The first kappa shape index (κ1) is 13.1. The molecular formula is C17H13BrO2. The Hall–Kier alpha value is -1.87. The fourth-order valence-corrected chi connectivity index (χ4v) is 2.65. The molecule has 0 aliphatic carbocycles. The van der Waals surface area contributed by atoms with Gasteiger partial charge < -0.3 is 4.42 Å². The minimum absolute atomic E-state index is 0.0839. The quantitative estimate of drug-likeness (QED) is 0.616. The number of ketones is 1. The first-order valence-electron chi connectivity index (χ1n) is 6.36. The molecule has 1 heterocycles. The summed E-state index contributed by atoms with van der Waals surface area (Å²) < 4.78 is 6.63. The summed E-state index contributed by atoms with van der Waals surface area (Å²) in [6.45, 7) is 3.90. The molecule has 0 aliphatic rings. The maximum Gasteiger partial charge on any atom is 0.228 e. The Morgan fingerprint density at radius 1 is 1.05 bits per heavy atom. The summed E-state index contributed by atoms with van der Waals surface area (Å²) in [5, 5.41) is 0.959. The molecule has 0 amide bonds. The van der Waals surface area contributed by atoms with E-state index in [1.54, 1.807) is 0 Å². The van der Waals surface area contributed by atoms with E-state index in [2.05, 4.69) is 15.9 Å². The number of rotatable bonds is 2. The van der Waals surface area contributed by atoms with Crippen molar-refractivity contribution in [2.24, 2.45) is 0 Å². The molecule has 3 rings (SSSR count). The van der Waals surface area contributed by atoms with Crippen LogP contribution in [0.25, 0.3) is 11.0 Å². The van der Waals surface area contributed by atoms with Crippen LogP contribution in [0.2, 0.25) is 0 Å². The fraction of sp³-hybridized carbons (Fsp3) is 0.118. The zero-order valence-corrected chi connectivity index (χ0v) is 12.8. The molecule has 0 unspecified atom stereocenters. The van der Waals surface area contributed by atoms with E-state index in [-0.39, 0.29) is 5.78 Å². The van der Waals surface area contributed by atoms with Gasteiger partial charge in [-0.1, -0.05) is 40.2 Å². The standard InChI is InChI=1S/C17H13BrO2/c1-10-6-7-13(18)9-14(10)16(19)15-8-12-5-3-4-11(2)17(12)20-15/h3-9H,1-2H3. The predicted molar refractivity (Wildman–Crippen MR) is 83.3 cm³/mol. The molecule has 0 saturated heterocycles. The number of benzene rings is 2. The van der Waals surface area contributed by atoms with Gasteiger partial charge in [0, 0.05) is 15.4 Å². The van der Waals surface area contributed by atoms with Gasteiger partial charge in [0.2, 0.25) is 5.78 Å². The number of carbonyl (C=O) groups excluding carboxylic acids is 1. The Labute approximate surface area is 125 Å². The molecule has 0 N–H and O–H groups in total. The molecule has 0 atom stereocenters. The first-order valence-corrected chi connectivity index (χ1v) is 7.15. The van der Waals surface area contributed by atoms with Crippen LogP contribution in [0.1, 0.15) is 27.2 Å². The van der Waals surface area contributed by atoms with E-state index in [1.165, 1.54) is 0 Å². The van der Waals surface area contributed by atoms with Crippen LogP contribution < -0.4 is 0 Å². The molecule has 3 heteroatoms. The average Bonchev–Trinajstić information content (AvgIpc) is 2.86. The van der Waals surface area contributed by atoms with Gasteiger partial charge in [0.1, 0.15) is 5.58 Å². The first-order chi connectivity index (χ1) is 9.56. The Morgan fingerprint density at radius 2 is 1.85 bits per heavy atom. The van der Waals surface area contributed by atoms with E-state index in [0.29, 0.717) is 11.3 Å². The number of halogens is 1. The van der Waals surface area contributed by atoms with Gasteiger partial charge in [0.05, 0.1) is 0 Å². The van der Waals surface area contributed by atoms with Crippen LogP contribution in [0.4, 0.5) is 0 Å². The summed E-state index contributed by atoms with van der Waals surface area (Å²) in [5.41, 5.74) is 3.42. The Bertz CT molecular complexity index is 815. The molecule has 1 aromatic heterocycles. The van der Waals surface area contributed by atoms with E-state index >= 15 is 0 Å². The van der Waals surface area contributed by atoms with Gasteiger partial charge in [-0.15, -0.1) is 0 Å². The van der Waals surface area contributed by atoms with Crippen molar-refractivity contribution in [1.29, 1.82) is 0 Å². The van der Waals surface area contributed by atoms with Crippen LogP contribution in [0, 0.1) is 13.8 Å². The van der Waals surface area contributed by atoms with Gasteiger partial charge in [-0.25, -0.2) is 0 Å². The van der Waals surface area contributed by atoms with Crippen molar-refractivity contribution in [1.82, 2.24) is 0 Å². The predicted octanol–water partition coefficient (Wildman–Crippen LogP) is 5.04. The zero-order chi connectivity index (χ0) is 14.3. The van der Waals surface area contributed by atoms with E-state index in [4.69, 9.17) is 4.42 Å². The number of aryl methyl sites for hydroxylation is 2. The molecule has 2 nitrogen and oxygen atoms in total. The fourth-order valence-electron chi connectivity index (χ4n) is 2.29. The summed E-state index contributed by atoms with van der Waals surface area (Å²) in [4.78, 5) is 12.6. The number of fused-ring (bicyclic) bond motifs is 1. The molecule has 100 valence electrons. The van der Waals surface area contributed by atoms with Crippen LogP contribution in [-0.4, -0.2) is 5.78 Å². The third-order valence-corrected chi connectivity index (χ3v) is 3.90. The van der Waals surface area contributed by atoms with Crippen molar-refractivity contribution >= 4 is 32.7 Å². The van der Waals surface area contributed by atoms with Crippen LogP contribution >= 0.6 is 15.9 Å². The second kappa shape index (κ2) is 4.91. The van der Waals surface area contributed by atoms with Crippen molar-refractivity contribution in [3.8, 4) is 0 Å². The molecule has 0 spiro atoms. The maximum atomic E-state index is 12.6. The van der Waals surface area contributed by atoms with Crippen molar-refractivity contribution in [2.75, 3.05) is 0 Å². The molecule has 0 radical (unpaired) electrons. The van der Waals surface area contributed by atoms with E-state index in [9.17, 15) is 4.79 Å². The summed E-state index contributed by atoms with van der Waals surface area (Å²) in [5.74, 6) is 0.301. The van der Waals surface area contributed by atoms with Crippen LogP contribution in [-0.2, 0) is 0 Å². The smallest absolute Gasteiger partial charge is 0.228 e. The Kier molecular flexibility index (Phi) is 3.22. The minimum Gasteiger partial charge on any atom is -0.452 e. The van der Waals surface area contributed by atoms with E-state index in [1.807, 2.05) is 56.3 Å². The highest BCUT2D eigenvalue weighted by atomic mass is 79.9. The largest absolute Gasteiger partial charge is 0.452 e. The maximum absolute atomic E-state index is 12.6. The van der Waals surface area contributed by atoms with Crippen molar-refractivity contribution in [3.63, 3.8) is 0 Å². The third kappa shape index (κ3) is 2.18. The second-order valence-corrected chi connectivity index (χ2v) is 5.81. The van der Waals surface area contributed by atoms with Crippen molar-refractivity contribution in [3.05, 3.63) is 69.4 Å². The van der Waals surface area contributed by atoms with Gasteiger partial charge >= 0.3 is 0 Å².